The second-order valence-corrected chi connectivity index (χ2v) is 1.75. The van der Waals surface area contributed by atoms with Crippen LogP contribution in [0.1, 0.15) is 0 Å². The van der Waals surface area contributed by atoms with Crippen LogP contribution in [0.2, 0.25) is 0 Å². The van der Waals surface area contributed by atoms with Crippen LogP contribution in [0.15, 0.2) is 12.1 Å². The molecule has 6 radical (unpaired) electrons. The Morgan fingerprint density at radius 1 is 1.00 bits per heavy atom. The Morgan fingerprint density at radius 2 is 1.44 bits per heavy atom. The Bertz CT molecular complexity index is 173. The highest BCUT2D eigenvalue weighted by molar-refractivity contribution is 6.40. The van der Waals surface area contributed by atoms with Crippen molar-refractivity contribution in [2.75, 3.05) is 0 Å². The number of aromatic nitrogens is 1. The first-order valence-corrected chi connectivity index (χ1v) is 2.47. The van der Waals surface area contributed by atoms with Crippen LogP contribution in [0.5, 0.6) is 0 Å². The van der Waals surface area contributed by atoms with Crippen LogP contribution >= 0.6 is 0 Å². The summed E-state index contributed by atoms with van der Waals surface area (Å²) in [7, 11) is 15.9. The molecule has 4 heteroatoms. The van der Waals surface area contributed by atoms with Gasteiger partial charge in [0, 0.05) is 0 Å². The molecule has 1 heterocycles. The van der Waals surface area contributed by atoms with E-state index in [1.807, 2.05) is 0 Å². The molecule has 0 aliphatic heterocycles. The molecule has 0 bridgehead atoms. The monoisotopic (exact) mass is 109 g/mol. The van der Waals surface area contributed by atoms with Gasteiger partial charge in [-0.25, -0.2) is 0 Å². The van der Waals surface area contributed by atoms with Gasteiger partial charge in [-0.3, -0.25) is 4.98 Å². The Labute approximate surface area is 58.1 Å². The Balaban J connectivity index is 3.17. The van der Waals surface area contributed by atoms with Crippen LogP contribution in [0.3, 0.4) is 0 Å². The van der Waals surface area contributed by atoms with Crippen molar-refractivity contribution in [1.29, 1.82) is 0 Å². The first-order valence-electron chi connectivity index (χ1n) is 2.47. The number of pyridine rings is 1. The molecular weight excluding hydrogens is 106 g/mol. The van der Waals surface area contributed by atoms with E-state index in [4.69, 9.17) is 23.5 Å². The molecule has 0 aliphatic carbocycles. The standard InChI is InChI=1S/C5H2B3N/c6-3-1-4(7)9-5(8)2-3/h1-2H. The summed E-state index contributed by atoms with van der Waals surface area (Å²) in [6.07, 6.45) is 0. The normalized spacial score (nSPS) is 9.33. The van der Waals surface area contributed by atoms with Crippen LogP contribution in [0.4, 0.5) is 0 Å². The molecule has 1 aromatic heterocycles. The number of hydrogen-bond acceptors (Lipinski definition) is 1. The number of hydrogen-bond donors (Lipinski definition) is 0. The number of rotatable bonds is 0. The van der Waals surface area contributed by atoms with Gasteiger partial charge in [-0.2, -0.15) is 0 Å². The van der Waals surface area contributed by atoms with Crippen molar-refractivity contribution in [2.24, 2.45) is 0 Å². The van der Waals surface area contributed by atoms with E-state index in [1.165, 1.54) is 0 Å². The van der Waals surface area contributed by atoms with E-state index >= 15 is 0 Å². The summed E-state index contributed by atoms with van der Waals surface area (Å²) in [6.45, 7) is 0. The summed E-state index contributed by atoms with van der Waals surface area (Å²) in [5.41, 5.74) is 1.25. The third-order valence-electron chi connectivity index (χ3n) is 0.887. The molecule has 0 fully saturated rings. The van der Waals surface area contributed by atoms with Crippen molar-refractivity contribution in [3.05, 3.63) is 12.1 Å². The van der Waals surface area contributed by atoms with Crippen LogP contribution in [0, 0.1) is 0 Å². The van der Waals surface area contributed by atoms with Crippen LogP contribution in [-0.2, 0) is 0 Å². The van der Waals surface area contributed by atoms with Crippen LogP contribution in [0.25, 0.3) is 0 Å². The lowest BCUT2D eigenvalue weighted by Crippen LogP contribution is -2.27. The quantitative estimate of drug-likeness (QED) is 0.334. The zero-order valence-electron chi connectivity index (χ0n) is 4.83. The molecular formula is C5H2B3N. The van der Waals surface area contributed by atoms with Gasteiger partial charge in [0.15, 0.2) is 0 Å². The first-order chi connectivity index (χ1) is 4.18. The molecule has 0 unspecified atom stereocenters. The van der Waals surface area contributed by atoms with Crippen molar-refractivity contribution < 1.29 is 0 Å². The van der Waals surface area contributed by atoms with E-state index in [0.717, 1.165) is 0 Å². The van der Waals surface area contributed by atoms with Gasteiger partial charge >= 0.3 is 0 Å². The summed E-state index contributed by atoms with van der Waals surface area (Å²) < 4.78 is 0. The highest BCUT2D eigenvalue weighted by Crippen LogP contribution is 1.63. The smallest absolute Gasteiger partial charge is 0.141 e. The molecule has 0 saturated heterocycles. The predicted molar refractivity (Wildman–Crippen MR) is 40.4 cm³/mol. The largest absolute Gasteiger partial charge is 0.281 e. The van der Waals surface area contributed by atoms with Gasteiger partial charge in [0.1, 0.15) is 23.5 Å². The molecule has 1 aromatic rings. The molecule has 1 nitrogen and oxygen atoms in total. The fraction of sp³-hybridized carbons (Fsp3) is 0. The van der Waals surface area contributed by atoms with Gasteiger partial charge in [-0.05, 0) is 11.2 Å². The lowest BCUT2D eigenvalue weighted by Gasteiger charge is -1.97. The van der Waals surface area contributed by atoms with E-state index in [0.29, 0.717) is 16.6 Å². The van der Waals surface area contributed by atoms with Gasteiger partial charge in [0.2, 0.25) is 0 Å². The first kappa shape index (κ1) is 6.46. The molecule has 0 N–H and O–H groups in total. The fourth-order valence-corrected chi connectivity index (χ4v) is 0.597. The molecule has 36 valence electrons. The molecule has 0 saturated carbocycles. The highest BCUT2D eigenvalue weighted by Gasteiger charge is 1.88. The highest BCUT2D eigenvalue weighted by atomic mass is 14.7. The lowest BCUT2D eigenvalue weighted by atomic mass is 9.88. The van der Waals surface area contributed by atoms with Gasteiger partial charge in [0.05, 0.1) is 0 Å². The van der Waals surface area contributed by atoms with E-state index in [1.54, 1.807) is 12.1 Å². The maximum Gasteiger partial charge on any atom is 0.141 e. The Kier molecular flexibility index (Phi) is 1.65. The van der Waals surface area contributed by atoms with E-state index in [9.17, 15) is 0 Å². The zero-order valence-corrected chi connectivity index (χ0v) is 4.83. The average molecular weight is 109 g/mol. The van der Waals surface area contributed by atoms with E-state index < -0.39 is 0 Å². The Hall–Kier alpha value is -0.655. The minimum Gasteiger partial charge on any atom is -0.281 e. The molecule has 0 amide bonds. The van der Waals surface area contributed by atoms with Crippen molar-refractivity contribution in [3.8, 4) is 0 Å². The maximum atomic E-state index is 5.36. The summed E-state index contributed by atoms with van der Waals surface area (Å²) in [5, 5.41) is 0. The third kappa shape index (κ3) is 1.63. The molecule has 0 atom stereocenters. The molecule has 1 rings (SSSR count). The minimum absolute atomic E-state index is 0.354. The summed E-state index contributed by atoms with van der Waals surface area (Å²) in [5.74, 6) is 0. The molecule has 0 spiro atoms. The van der Waals surface area contributed by atoms with Crippen molar-refractivity contribution in [1.82, 2.24) is 4.98 Å². The SMILES string of the molecule is [B]c1cc([B])nc([B])c1. The van der Waals surface area contributed by atoms with Crippen LogP contribution < -0.4 is 16.6 Å². The van der Waals surface area contributed by atoms with Crippen molar-refractivity contribution in [2.45, 2.75) is 0 Å². The fourth-order valence-electron chi connectivity index (χ4n) is 0.597. The van der Waals surface area contributed by atoms with Crippen molar-refractivity contribution >= 4 is 40.2 Å². The molecule has 9 heavy (non-hydrogen) atoms. The van der Waals surface area contributed by atoms with E-state index in [2.05, 4.69) is 4.98 Å². The predicted octanol–water partition coefficient (Wildman–Crippen LogP) is -2.54. The number of nitrogens with zero attached hydrogens (tertiary/aromatic N) is 1. The second-order valence-electron chi connectivity index (χ2n) is 1.75. The van der Waals surface area contributed by atoms with Gasteiger partial charge in [-0.15, -0.1) is 0 Å². The maximum absolute atomic E-state index is 5.36. The minimum atomic E-state index is 0.354. The van der Waals surface area contributed by atoms with Gasteiger partial charge < -0.3 is 0 Å². The lowest BCUT2D eigenvalue weighted by molar-refractivity contribution is 1.47. The zero-order chi connectivity index (χ0) is 6.85. The molecule has 0 aromatic carbocycles. The Morgan fingerprint density at radius 3 is 1.78 bits per heavy atom. The summed E-state index contributed by atoms with van der Waals surface area (Å²) >= 11 is 0. The summed E-state index contributed by atoms with van der Waals surface area (Å²) in [6, 6.07) is 3.10. The second kappa shape index (κ2) is 2.30. The molecule has 0 aliphatic rings. The van der Waals surface area contributed by atoms with Gasteiger partial charge in [0.25, 0.3) is 0 Å². The average Bonchev–Trinajstić information content (AvgIpc) is 1.59. The third-order valence-corrected chi connectivity index (χ3v) is 0.887. The van der Waals surface area contributed by atoms with Crippen LogP contribution in [-0.4, -0.2) is 28.5 Å². The summed E-state index contributed by atoms with van der Waals surface area (Å²) in [4.78, 5) is 3.71. The van der Waals surface area contributed by atoms with Gasteiger partial charge in [-0.1, -0.05) is 17.6 Å². The topological polar surface area (TPSA) is 12.9 Å². The van der Waals surface area contributed by atoms with Crippen molar-refractivity contribution in [3.63, 3.8) is 0 Å². The van der Waals surface area contributed by atoms with E-state index in [-0.39, 0.29) is 0 Å².